The van der Waals surface area contributed by atoms with Gasteiger partial charge in [0.25, 0.3) is 0 Å². The van der Waals surface area contributed by atoms with Gasteiger partial charge in [-0.15, -0.1) is 0 Å². The fourth-order valence-corrected chi connectivity index (χ4v) is 4.32. The topological polar surface area (TPSA) is 81.7 Å². The van der Waals surface area contributed by atoms with Gasteiger partial charge in [0, 0.05) is 12.8 Å². The number of carbonyl (C=O) groups is 3. The summed E-state index contributed by atoms with van der Waals surface area (Å²) >= 11 is 0. The van der Waals surface area contributed by atoms with Gasteiger partial charge in [-0.05, 0) is 31.6 Å². The predicted octanol–water partition coefficient (Wildman–Crippen LogP) is 6.43. The van der Waals surface area contributed by atoms with E-state index in [1.54, 1.807) is 0 Å². The molecule has 0 aromatic heterocycles. The van der Waals surface area contributed by atoms with Gasteiger partial charge in [0.05, 0.1) is 5.92 Å². The van der Waals surface area contributed by atoms with Crippen LogP contribution in [0.2, 0.25) is 0 Å². The van der Waals surface area contributed by atoms with Crippen LogP contribution in [0.1, 0.15) is 111 Å². The third-order valence-electron chi connectivity index (χ3n) is 6.86. The van der Waals surface area contributed by atoms with Gasteiger partial charge in [-0.1, -0.05) is 96.9 Å². The van der Waals surface area contributed by atoms with Crippen LogP contribution in [-0.2, 0) is 23.9 Å². The number of ether oxygens (including phenoxy) is 2. The van der Waals surface area contributed by atoms with Crippen LogP contribution in [0.3, 0.4) is 0 Å². The van der Waals surface area contributed by atoms with Crippen molar-refractivity contribution < 1.29 is 23.9 Å². The fourth-order valence-electron chi connectivity index (χ4n) is 4.32. The lowest BCUT2D eigenvalue weighted by Crippen LogP contribution is -2.48. The summed E-state index contributed by atoms with van der Waals surface area (Å²) in [6.07, 6.45) is 21.2. The first-order chi connectivity index (χ1) is 17.0. The molecule has 0 aromatic rings. The number of unbranched alkanes of at least 4 members (excludes halogenated alkanes) is 6. The summed E-state index contributed by atoms with van der Waals surface area (Å²) in [5.41, 5.74) is 0. The number of carbonyl (C=O) groups excluding carboxylic acids is 3. The van der Waals surface area contributed by atoms with Crippen molar-refractivity contribution in [2.45, 2.75) is 129 Å². The first kappa shape index (κ1) is 30.9. The summed E-state index contributed by atoms with van der Waals surface area (Å²) in [4.78, 5) is 36.0. The van der Waals surface area contributed by atoms with E-state index >= 15 is 0 Å². The van der Waals surface area contributed by atoms with E-state index in [-0.39, 0.29) is 23.9 Å². The molecule has 35 heavy (non-hydrogen) atoms. The first-order valence-electron chi connectivity index (χ1n) is 13.9. The van der Waals surface area contributed by atoms with E-state index in [1.807, 2.05) is 19.9 Å². The van der Waals surface area contributed by atoms with Crippen molar-refractivity contribution in [2.24, 2.45) is 11.8 Å². The van der Waals surface area contributed by atoms with Crippen molar-refractivity contribution in [2.75, 3.05) is 0 Å². The van der Waals surface area contributed by atoms with Crippen LogP contribution in [0, 0.1) is 11.8 Å². The van der Waals surface area contributed by atoms with Gasteiger partial charge >= 0.3 is 11.9 Å². The molecule has 1 aliphatic rings. The lowest BCUT2D eigenvalue weighted by atomic mass is 9.87. The molecule has 0 spiro atoms. The van der Waals surface area contributed by atoms with Gasteiger partial charge in [0.15, 0.2) is 0 Å². The number of hydrogen-bond donors (Lipinski definition) is 1. The molecule has 0 radical (unpaired) electrons. The summed E-state index contributed by atoms with van der Waals surface area (Å²) in [7, 11) is 0. The van der Waals surface area contributed by atoms with Gasteiger partial charge in [0.1, 0.15) is 18.2 Å². The van der Waals surface area contributed by atoms with Gasteiger partial charge in [-0.2, -0.15) is 0 Å². The van der Waals surface area contributed by atoms with E-state index in [0.29, 0.717) is 19.3 Å². The maximum absolute atomic E-state index is 12.9. The highest BCUT2D eigenvalue weighted by atomic mass is 16.6. The highest BCUT2D eigenvalue weighted by Crippen LogP contribution is 2.32. The Morgan fingerprint density at radius 2 is 1.74 bits per heavy atom. The maximum Gasteiger partial charge on any atom is 0.329 e. The molecule has 1 amide bonds. The van der Waals surface area contributed by atoms with Crippen LogP contribution in [0.15, 0.2) is 24.3 Å². The van der Waals surface area contributed by atoms with Crippen molar-refractivity contribution >= 4 is 18.3 Å². The molecule has 0 aromatic carbocycles. The minimum Gasteiger partial charge on any atom is -0.461 e. The van der Waals surface area contributed by atoms with Crippen LogP contribution < -0.4 is 5.32 Å². The third kappa shape index (κ3) is 12.4. The van der Waals surface area contributed by atoms with E-state index in [2.05, 4.69) is 37.4 Å². The number of nitrogens with one attached hydrogen (secondary N) is 1. The molecule has 6 nitrogen and oxygen atoms in total. The van der Waals surface area contributed by atoms with Gasteiger partial charge < -0.3 is 14.8 Å². The largest absolute Gasteiger partial charge is 0.461 e. The van der Waals surface area contributed by atoms with Gasteiger partial charge in [-0.3, -0.25) is 9.59 Å². The Morgan fingerprint density at radius 1 is 1.03 bits per heavy atom. The van der Waals surface area contributed by atoms with Crippen molar-refractivity contribution in [3.8, 4) is 0 Å². The van der Waals surface area contributed by atoms with Crippen LogP contribution in [0.5, 0.6) is 0 Å². The van der Waals surface area contributed by atoms with Crippen molar-refractivity contribution in [3.05, 3.63) is 24.3 Å². The summed E-state index contributed by atoms with van der Waals surface area (Å²) in [6.45, 7) is 8.27. The highest BCUT2D eigenvalue weighted by Gasteiger charge is 2.43. The number of rotatable bonds is 21. The molecule has 0 saturated carbocycles. The minimum absolute atomic E-state index is 0.0328. The fraction of sp³-hybridized carbons (Fsp3) is 0.759. The summed E-state index contributed by atoms with van der Waals surface area (Å²) < 4.78 is 11.3. The Morgan fingerprint density at radius 3 is 2.40 bits per heavy atom. The Hall–Kier alpha value is -2.11. The van der Waals surface area contributed by atoms with Crippen molar-refractivity contribution in [1.29, 1.82) is 0 Å². The predicted molar refractivity (Wildman–Crippen MR) is 141 cm³/mol. The Balaban J connectivity index is 2.72. The second kappa shape index (κ2) is 19.1. The van der Waals surface area contributed by atoms with E-state index in [4.69, 9.17) is 9.47 Å². The number of cyclic esters (lactones) is 1. The summed E-state index contributed by atoms with van der Waals surface area (Å²) in [5.74, 6) is -0.706. The second-order valence-corrected chi connectivity index (χ2v) is 9.78. The third-order valence-corrected chi connectivity index (χ3v) is 6.86. The van der Waals surface area contributed by atoms with Crippen LogP contribution >= 0.6 is 0 Å². The standard InChI is InChI=1S/C29H49NO5/c1-5-8-10-12-13-14-15-16-17-19-24(34-29(33)27(30-22-31)23(4)7-3)21-26-25(28(32)35-26)20-18-11-9-6-2/h13-14,16-17,22-27H,5-12,15,18-21H2,1-4H3,(H,30,31)/b14-13+,17-16+. The number of allylic oxidation sites excluding steroid dienone is 3. The second-order valence-electron chi connectivity index (χ2n) is 9.78. The van der Waals surface area contributed by atoms with E-state index in [9.17, 15) is 14.4 Å². The molecule has 6 heteroatoms. The molecule has 5 unspecified atom stereocenters. The molecular weight excluding hydrogens is 442 g/mol. The molecule has 1 saturated heterocycles. The van der Waals surface area contributed by atoms with Crippen molar-refractivity contribution in [3.63, 3.8) is 0 Å². The molecule has 1 fully saturated rings. The van der Waals surface area contributed by atoms with Crippen molar-refractivity contribution in [1.82, 2.24) is 5.32 Å². The molecule has 200 valence electrons. The van der Waals surface area contributed by atoms with E-state index in [1.165, 1.54) is 25.7 Å². The molecule has 1 N–H and O–H groups in total. The zero-order chi connectivity index (χ0) is 25.9. The lowest BCUT2D eigenvalue weighted by molar-refractivity contribution is -0.190. The minimum atomic E-state index is -0.677. The molecule has 1 rings (SSSR count). The average molecular weight is 492 g/mol. The first-order valence-corrected chi connectivity index (χ1v) is 13.9. The molecule has 0 aliphatic carbocycles. The lowest BCUT2D eigenvalue weighted by Gasteiger charge is -2.37. The summed E-state index contributed by atoms with van der Waals surface area (Å²) in [6, 6.07) is -0.677. The van der Waals surface area contributed by atoms with E-state index < -0.39 is 18.1 Å². The average Bonchev–Trinajstić information content (AvgIpc) is 2.85. The molecule has 1 heterocycles. The highest BCUT2D eigenvalue weighted by molar-refractivity contribution is 5.79. The molecular formula is C29H49NO5. The molecule has 1 aliphatic heterocycles. The van der Waals surface area contributed by atoms with Gasteiger partial charge in [0.2, 0.25) is 6.41 Å². The van der Waals surface area contributed by atoms with E-state index in [0.717, 1.165) is 44.9 Å². The maximum atomic E-state index is 12.9. The smallest absolute Gasteiger partial charge is 0.329 e. The number of amides is 1. The van der Waals surface area contributed by atoms with Crippen LogP contribution in [0.25, 0.3) is 0 Å². The zero-order valence-electron chi connectivity index (χ0n) is 22.5. The Kier molecular flexibility index (Phi) is 16.9. The van der Waals surface area contributed by atoms with Gasteiger partial charge in [-0.25, -0.2) is 4.79 Å². The number of hydrogen-bond acceptors (Lipinski definition) is 5. The molecule has 0 bridgehead atoms. The zero-order valence-corrected chi connectivity index (χ0v) is 22.5. The Bertz CT molecular complexity index is 659. The normalized spacial score (nSPS) is 20.3. The van der Waals surface area contributed by atoms with Crippen LogP contribution in [0.4, 0.5) is 0 Å². The van der Waals surface area contributed by atoms with Crippen LogP contribution in [-0.4, -0.2) is 36.6 Å². The molecule has 5 atom stereocenters. The number of esters is 2. The SMILES string of the molecule is CCCCC/C=C/C/C=C/CC(CC1OC(=O)C1CCCCCC)OC(=O)C(NC=O)C(C)CC. The summed E-state index contributed by atoms with van der Waals surface area (Å²) in [5, 5.41) is 2.61. The quantitative estimate of drug-likeness (QED) is 0.0865. The Labute approximate surface area is 213 Å². The monoisotopic (exact) mass is 491 g/mol.